The Balaban J connectivity index is 1.11. The van der Waals surface area contributed by atoms with Crippen molar-refractivity contribution < 1.29 is 9.53 Å². The number of fused-ring (bicyclic) bond motifs is 1. The van der Waals surface area contributed by atoms with Crippen LogP contribution in [0.3, 0.4) is 0 Å². The minimum absolute atomic E-state index is 0.331. The zero-order chi connectivity index (χ0) is 25.2. The summed E-state index contributed by atoms with van der Waals surface area (Å²) < 4.78 is 5.60. The lowest BCUT2D eigenvalue weighted by atomic mass is 9.87. The molecule has 0 radical (unpaired) electrons. The molecule has 5 heterocycles. The van der Waals surface area contributed by atoms with Crippen molar-refractivity contribution in [2.75, 3.05) is 39.3 Å². The molecule has 0 amide bonds. The zero-order valence-electron chi connectivity index (χ0n) is 21.2. The molecule has 1 aromatic carbocycles. The van der Waals surface area contributed by atoms with Crippen LogP contribution in [0.25, 0.3) is 33.5 Å². The highest BCUT2D eigenvalue weighted by molar-refractivity contribution is 5.95. The summed E-state index contributed by atoms with van der Waals surface area (Å²) in [5, 5.41) is 4.37. The van der Waals surface area contributed by atoms with Crippen molar-refractivity contribution in [3.05, 3.63) is 66.2 Å². The van der Waals surface area contributed by atoms with Gasteiger partial charge in [0.15, 0.2) is 0 Å². The highest BCUT2D eigenvalue weighted by Gasteiger charge is 2.39. The molecule has 4 aromatic rings. The molecule has 190 valence electrons. The van der Waals surface area contributed by atoms with Crippen molar-refractivity contribution in [3.63, 3.8) is 0 Å². The zero-order valence-corrected chi connectivity index (χ0v) is 21.2. The number of benzene rings is 1. The Labute approximate surface area is 216 Å². The highest BCUT2D eigenvalue weighted by Crippen LogP contribution is 2.36. The number of aromatic amines is 1. The van der Waals surface area contributed by atoms with Gasteiger partial charge in [-0.15, -0.1) is 0 Å². The second-order valence-electron chi connectivity index (χ2n) is 10.4. The van der Waals surface area contributed by atoms with Crippen molar-refractivity contribution in [2.24, 2.45) is 5.41 Å². The first-order chi connectivity index (χ1) is 18.1. The Morgan fingerprint density at radius 3 is 2.97 bits per heavy atom. The van der Waals surface area contributed by atoms with Gasteiger partial charge in [0.25, 0.3) is 0 Å². The van der Waals surface area contributed by atoms with Crippen molar-refractivity contribution in [1.82, 2.24) is 30.2 Å². The fraction of sp³-hybridized carbons (Fsp3) is 0.379. The van der Waals surface area contributed by atoms with Crippen LogP contribution in [0.2, 0.25) is 0 Å². The predicted octanol–water partition coefficient (Wildman–Crippen LogP) is 4.23. The maximum Gasteiger partial charge on any atom is 0.339 e. The predicted molar refractivity (Wildman–Crippen MR) is 143 cm³/mol. The molecular formula is C29H32N6O2. The number of imidazole rings is 1. The maximum atomic E-state index is 12.8. The van der Waals surface area contributed by atoms with Crippen molar-refractivity contribution in [3.8, 4) is 22.6 Å². The number of hydrogen-bond donors (Lipinski definition) is 2. The Morgan fingerprint density at radius 2 is 2.11 bits per heavy atom. The molecule has 2 fully saturated rings. The monoisotopic (exact) mass is 496 g/mol. The first-order valence-electron chi connectivity index (χ1n) is 13.1. The third kappa shape index (κ3) is 4.99. The van der Waals surface area contributed by atoms with Gasteiger partial charge in [0.05, 0.1) is 41.1 Å². The lowest BCUT2D eigenvalue weighted by Gasteiger charge is -2.22. The molecule has 1 spiro atoms. The molecule has 1 atom stereocenters. The number of esters is 1. The van der Waals surface area contributed by atoms with Crippen LogP contribution >= 0.6 is 0 Å². The number of hydrogen-bond acceptors (Lipinski definition) is 7. The van der Waals surface area contributed by atoms with Gasteiger partial charge < -0.3 is 19.9 Å². The fourth-order valence-corrected chi connectivity index (χ4v) is 5.68. The van der Waals surface area contributed by atoms with Gasteiger partial charge in [0.1, 0.15) is 0 Å². The van der Waals surface area contributed by atoms with Crippen LogP contribution in [0.4, 0.5) is 0 Å². The molecule has 0 saturated carbocycles. The molecule has 6 rings (SSSR count). The molecule has 2 aliphatic heterocycles. The number of H-pyrrole nitrogens is 1. The summed E-state index contributed by atoms with van der Waals surface area (Å²) >= 11 is 0. The van der Waals surface area contributed by atoms with E-state index in [1.54, 1.807) is 12.5 Å². The number of carbonyl (C=O) groups is 1. The molecule has 37 heavy (non-hydrogen) atoms. The van der Waals surface area contributed by atoms with Gasteiger partial charge in [-0.3, -0.25) is 9.97 Å². The van der Waals surface area contributed by atoms with E-state index in [0.717, 1.165) is 78.4 Å². The van der Waals surface area contributed by atoms with E-state index in [0.29, 0.717) is 17.6 Å². The summed E-state index contributed by atoms with van der Waals surface area (Å²) in [4.78, 5) is 32.2. The molecule has 2 N–H and O–H groups in total. The van der Waals surface area contributed by atoms with Crippen molar-refractivity contribution in [1.29, 1.82) is 0 Å². The van der Waals surface area contributed by atoms with Gasteiger partial charge in [-0.2, -0.15) is 0 Å². The van der Waals surface area contributed by atoms with Crippen LogP contribution in [0.15, 0.2) is 55.0 Å². The second-order valence-corrected chi connectivity index (χ2v) is 10.4. The minimum atomic E-state index is -0.331. The normalized spacial score (nSPS) is 19.7. The highest BCUT2D eigenvalue weighted by atomic mass is 16.5. The van der Waals surface area contributed by atoms with E-state index in [2.05, 4.69) is 30.2 Å². The number of aryl methyl sites for hydroxylation is 1. The van der Waals surface area contributed by atoms with E-state index in [4.69, 9.17) is 4.74 Å². The topological polar surface area (TPSA) is 96.0 Å². The average Bonchev–Trinajstić information content (AvgIpc) is 3.68. The van der Waals surface area contributed by atoms with Gasteiger partial charge in [-0.1, -0.05) is 12.1 Å². The number of likely N-dealkylation sites (tertiary alicyclic amines) is 1. The molecule has 2 aliphatic rings. The number of ether oxygens (including phenoxy) is 1. The van der Waals surface area contributed by atoms with Gasteiger partial charge in [0, 0.05) is 42.5 Å². The quantitative estimate of drug-likeness (QED) is 0.292. The average molecular weight is 497 g/mol. The first kappa shape index (κ1) is 23.8. The SMILES string of the molecule is Cc1cccc(-c2[nH]cnc2-c2ccc3ncc(C(=O)OCCCN4CCC5(CCNC5)C4)cc3c2)n1. The van der Waals surface area contributed by atoms with Crippen LogP contribution in [0.1, 0.15) is 35.3 Å². The van der Waals surface area contributed by atoms with Gasteiger partial charge in [-0.05, 0) is 75.0 Å². The third-order valence-electron chi connectivity index (χ3n) is 7.68. The Morgan fingerprint density at radius 1 is 1.16 bits per heavy atom. The van der Waals surface area contributed by atoms with E-state index in [-0.39, 0.29) is 5.97 Å². The summed E-state index contributed by atoms with van der Waals surface area (Å²) in [6.45, 7) is 7.93. The largest absolute Gasteiger partial charge is 0.462 e. The summed E-state index contributed by atoms with van der Waals surface area (Å²) in [6.07, 6.45) is 6.66. The maximum absolute atomic E-state index is 12.8. The van der Waals surface area contributed by atoms with Crippen LogP contribution < -0.4 is 5.32 Å². The number of pyridine rings is 2. The molecule has 2 saturated heterocycles. The molecule has 3 aromatic heterocycles. The van der Waals surface area contributed by atoms with Crippen LogP contribution in [0, 0.1) is 12.3 Å². The van der Waals surface area contributed by atoms with Crippen molar-refractivity contribution >= 4 is 16.9 Å². The lowest BCUT2D eigenvalue weighted by Crippen LogP contribution is -2.30. The molecule has 8 nitrogen and oxygen atoms in total. The molecule has 8 heteroatoms. The second kappa shape index (κ2) is 10.0. The van der Waals surface area contributed by atoms with E-state index >= 15 is 0 Å². The van der Waals surface area contributed by atoms with Crippen molar-refractivity contribution in [2.45, 2.75) is 26.2 Å². The number of aromatic nitrogens is 4. The minimum Gasteiger partial charge on any atom is -0.462 e. The van der Waals surface area contributed by atoms with Gasteiger partial charge in [-0.25, -0.2) is 9.78 Å². The Kier molecular flexibility index (Phi) is 6.44. The van der Waals surface area contributed by atoms with Crippen LogP contribution in [-0.4, -0.2) is 70.1 Å². The van der Waals surface area contributed by atoms with Crippen LogP contribution in [-0.2, 0) is 4.74 Å². The number of nitrogens with one attached hydrogen (secondary N) is 2. The smallest absolute Gasteiger partial charge is 0.339 e. The van der Waals surface area contributed by atoms with E-state index in [9.17, 15) is 4.79 Å². The lowest BCUT2D eigenvalue weighted by molar-refractivity contribution is 0.0489. The third-order valence-corrected chi connectivity index (χ3v) is 7.68. The van der Waals surface area contributed by atoms with E-state index in [1.165, 1.54) is 12.8 Å². The Hall–Kier alpha value is -3.62. The number of nitrogens with zero attached hydrogens (tertiary/aromatic N) is 4. The fourth-order valence-electron chi connectivity index (χ4n) is 5.68. The van der Waals surface area contributed by atoms with Gasteiger partial charge >= 0.3 is 5.97 Å². The summed E-state index contributed by atoms with van der Waals surface area (Å²) in [5.74, 6) is -0.331. The summed E-state index contributed by atoms with van der Waals surface area (Å²) in [5.41, 5.74) is 6.13. The molecule has 0 bridgehead atoms. The van der Waals surface area contributed by atoms with E-state index in [1.807, 2.05) is 49.4 Å². The molecule has 1 unspecified atom stereocenters. The molecule has 0 aliphatic carbocycles. The first-order valence-corrected chi connectivity index (χ1v) is 13.1. The summed E-state index contributed by atoms with van der Waals surface area (Å²) in [7, 11) is 0. The van der Waals surface area contributed by atoms with Gasteiger partial charge in [0.2, 0.25) is 0 Å². The Bertz CT molecular complexity index is 1420. The molecular weight excluding hydrogens is 464 g/mol. The standard InChI is InChI=1S/C29H32N6O2/c1-20-4-2-5-25(34-20)27-26(32-19-33-27)21-6-7-24-22(14-21)15-23(16-31-24)28(36)37-13-3-11-35-12-9-29(18-35)8-10-30-17-29/h2,4-7,14-16,19,30H,3,8-13,17-18H2,1H3,(H,32,33). The summed E-state index contributed by atoms with van der Waals surface area (Å²) in [6, 6.07) is 13.7. The number of carbonyl (C=O) groups excluding carboxylic acids is 1. The van der Waals surface area contributed by atoms with Crippen LogP contribution in [0.5, 0.6) is 0 Å². The van der Waals surface area contributed by atoms with E-state index < -0.39 is 0 Å². The number of rotatable bonds is 7.